The van der Waals surface area contributed by atoms with Crippen molar-refractivity contribution in [3.63, 3.8) is 0 Å². The van der Waals surface area contributed by atoms with Gasteiger partial charge in [0.25, 0.3) is 0 Å². The molecule has 1 aliphatic rings. The molecule has 1 fully saturated rings. The van der Waals surface area contributed by atoms with Gasteiger partial charge in [0.1, 0.15) is 0 Å². The molecule has 0 saturated carbocycles. The molecule has 0 aromatic rings. The van der Waals surface area contributed by atoms with Crippen LogP contribution in [-0.2, 0) is 19.1 Å². The van der Waals surface area contributed by atoms with Crippen molar-refractivity contribution in [1.29, 1.82) is 0 Å². The number of hydrogen-bond acceptors (Lipinski definition) is 6. The number of hydrogen-bond donors (Lipinski definition) is 4. The van der Waals surface area contributed by atoms with Gasteiger partial charge in [-0.15, -0.1) is 0 Å². The molecular formula is C12H22O6S2. The van der Waals surface area contributed by atoms with Gasteiger partial charge in [0.2, 0.25) is 0 Å². The number of carbonyl (C=O) groups is 3. The van der Waals surface area contributed by atoms with Gasteiger partial charge in [0, 0.05) is 17.9 Å². The van der Waals surface area contributed by atoms with Crippen LogP contribution in [0, 0.1) is 0 Å². The summed E-state index contributed by atoms with van der Waals surface area (Å²) in [6.07, 6.45) is 4.14. The fourth-order valence-corrected chi connectivity index (χ4v) is 1.38. The van der Waals surface area contributed by atoms with Crippen molar-refractivity contribution in [1.82, 2.24) is 0 Å². The van der Waals surface area contributed by atoms with E-state index < -0.39 is 11.9 Å². The summed E-state index contributed by atoms with van der Waals surface area (Å²) in [5.74, 6) is -0.748. The molecule has 0 radical (unpaired) electrons. The molecule has 0 unspecified atom stereocenters. The molecule has 2 N–H and O–H groups in total. The Kier molecular flexibility index (Phi) is 17.3. The lowest BCUT2D eigenvalue weighted by Crippen LogP contribution is -2.00. The third-order valence-electron chi connectivity index (χ3n) is 1.94. The van der Waals surface area contributed by atoms with E-state index in [1.807, 2.05) is 0 Å². The van der Waals surface area contributed by atoms with E-state index in [9.17, 15) is 14.4 Å². The average molecular weight is 326 g/mol. The highest BCUT2D eigenvalue weighted by molar-refractivity contribution is 7.80. The number of rotatable bonds is 4. The molecule has 0 bridgehead atoms. The lowest BCUT2D eigenvalue weighted by molar-refractivity contribution is -0.142. The maximum Gasteiger partial charge on any atom is 0.305 e. The number of carbonyl (C=O) groups excluding carboxylic acids is 1. The van der Waals surface area contributed by atoms with Crippen LogP contribution in [0.5, 0.6) is 0 Å². The zero-order valence-electron chi connectivity index (χ0n) is 11.3. The summed E-state index contributed by atoms with van der Waals surface area (Å²) in [5, 5.41) is 15.7. The number of cyclic esters (lactones) is 1. The summed E-state index contributed by atoms with van der Waals surface area (Å²) >= 11 is 7.36. The van der Waals surface area contributed by atoms with Gasteiger partial charge in [-0.1, -0.05) is 0 Å². The van der Waals surface area contributed by atoms with Crippen LogP contribution in [0.3, 0.4) is 0 Å². The first-order valence-corrected chi connectivity index (χ1v) is 7.51. The molecule has 1 saturated heterocycles. The minimum atomic E-state index is -0.787. The first-order chi connectivity index (χ1) is 9.43. The van der Waals surface area contributed by atoms with Crippen LogP contribution in [0.2, 0.25) is 0 Å². The summed E-state index contributed by atoms with van der Waals surface area (Å²) in [5.41, 5.74) is 0. The van der Waals surface area contributed by atoms with E-state index in [-0.39, 0.29) is 18.8 Å². The summed E-state index contributed by atoms with van der Waals surface area (Å²) in [4.78, 5) is 29.6. The van der Waals surface area contributed by atoms with Gasteiger partial charge in [-0.25, -0.2) is 0 Å². The van der Waals surface area contributed by atoms with E-state index in [0.717, 1.165) is 19.3 Å². The highest BCUT2D eigenvalue weighted by Gasteiger charge is 2.05. The smallest absolute Gasteiger partial charge is 0.305 e. The fourth-order valence-electron chi connectivity index (χ4n) is 0.998. The van der Waals surface area contributed by atoms with E-state index in [1.165, 1.54) is 0 Å². The first-order valence-electron chi connectivity index (χ1n) is 6.25. The third-order valence-corrected chi connectivity index (χ3v) is 2.39. The second-order valence-corrected chi connectivity index (χ2v) is 4.66. The predicted octanol–water partition coefficient (Wildman–Crippen LogP) is 1.89. The van der Waals surface area contributed by atoms with E-state index in [1.54, 1.807) is 0 Å². The number of esters is 1. The lowest BCUT2D eigenvalue weighted by Gasteiger charge is -1.93. The predicted molar refractivity (Wildman–Crippen MR) is 81.6 cm³/mol. The molecule has 20 heavy (non-hydrogen) atoms. The zero-order chi connectivity index (χ0) is 15.8. The van der Waals surface area contributed by atoms with Crippen LogP contribution in [0.4, 0.5) is 0 Å². The molecule has 1 rings (SSSR count). The Morgan fingerprint density at radius 1 is 1.00 bits per heavy atom. The van der Waals surface area contributed by atoms with Gasteiger partial charge in [-0.05, 0) is 19.3 Å². The van der Waals surface area contributed by atoms with Gasteiger partial charge < -0.3 is 14.9 Å². The highest BCUT2D eigenvalue weighted by atomic mass is 32.1. The van der Waals surface area contributed by atoms with E-state index in [2.05, 4.69) is 25.3 Å². The van der Waals surface area contributed by atoms with Crippen LogP contribution in [-0.4, -0.2) is 46.2 Å². The molecule has 0 aliphatic carbocycles. The van der Waals surface area contributed by atoms with Gasteiger partial charge in [-0.2, -0.15) is 25.3 Å². The normalized spacial score (nSPS) is 13.6. The fraction of sp³-hybridized carbons (Fsp3) is 0.750. The molecular weight excluding hydrogens is 304 g/mol. The molecule has 0 spiro atoms. The third kappa shape index (κ3) is 22.3. The topological polar surface area (TPSA) is 101 Å². The summed E-state index contributed by atoms with van der Waals surface area (Å²) < 4.78 is 4.76. The Morgan fingerprint density at radius 3 is 1.85 bits per heavy atom. The molecule has 0 atom stereocenters. The SMILES string of the molecule is O=C(O)CCS.O=C(O)CCS.O=C1CCCCCO1. The first kappa shape index (κ1) is 21.4. The number of carboxylic acids is 2. The van der Waals surface area contributed by atoms with Gasteiger partial charge in [-0.3, -0.25) is 14.4 Å². The Labute approximate surface area is 129 Å². The Bertz CT molecular complexity index is 257. The van der Waals surface area contributed by atoms with E-state index in [4.69, 9.17) is 14.9 Å². The molecule has 0 amide bonds. The molecule has 118 valence electrons. The van der Waals surface area contributed by atoms with Crippen LogP contribution < -0.4 is 0 Å². The van der Waals surface area contributed by atoms with Crippen LogP contribution in [0.15, 0.2) is 0 Å². The maximum absolute atomic E-state index is 10.5. The number of thiol groups is 2. The lowest BCUT2D eigenvalue weighted by atomic mass is 10.2. The minimum absolute atomic E-state index is 0.0255. The van der Waals surface area contributed by atoms with Crippen molar-refractivity contribution in [3.8, 4) is 0 Å². The molecule has 1 aliphatic heterocycles. The number of carboxylic acid groups (broad SMARTS) is 2. The Morgan fingerprint density at radius 2 is 1.50 bits per heavy atom. The van der Waals surface area contributed by atoms with Crippen molar-refractivity contribution in [3.05, 3.63) is 0 Å². The second kappa shape index (κ2) is 16.2. The highest BCUT2D eigenvalue weighted by Crippen LogP contribution is 2.06. The zero-order valence-corrected chi connectivity index (χ0v) is 13.1. The van der Waals surface area contributed by atoms with E-state index >= 15 is 0 Å². The summed E-state index contributed by atoms with van der Waals surface area (Å²) in [7, 11) is 0. The maximum atomic E-state index is 10.5. The van der Waals surface area contributed by atoms with Crippen LogP contribution >= 0.6 is 25.3 Å². The van der Waals surface area contributed by atoms with Gasteiger partial charge in [0.05, 0.1) is 19.4 Å². The largest absolute Gasteiger partial charge is 0.481 e. The molecule has 1 heterocycles. The number of ether oxygens (including phenoxy) is 1. The summed E-state index contributed by atoms with van der Waals surface area (Å²) in [6, 6.07) is 0. The monoisotopic (exact) mass is 326 g/mol. The average Bonchev–Trinajstić information content (AvgIpc) is 2.58. The Balaban J connectivity index is 0. The van der Waals surface area contributed by atoms with Gasteiger partial charge >= 0.3 is 17.9 Å². The molecule has 0 aromatic carbocycles. The summed E-state index contributed by atoms with van der Waals surface area (Å²) in [6.45, 7) is 0.638. The molecule has 6 nitrogen and oxygen atoms in total. The van der Waals surface area contributed by atoms with Crippen molar-refractivity contribution >= 4 is 43.2 Å². The quantitative estimate of drug-likeness (QED) is 0.465. The standard InChI is InChI=1S/C6H10O2.2C3H6O2S/c7-6-4-2-1-3-5-8-6;2*4-3(5)1-2-6/h1-5H2;2*6H,1-2H2,(H,4,5). The molecule has 8 heteroatoms. The van der Waals surface area contributed by atoms with Crippen molar-refractivity contribution < 1.29 is 29.3 Å². The van der Waals surface area contributed by atoms with Crippen molar-refractivity contribution in [2.45, 2.75) is 38.5 Å². The van der Waals surface area contributed by atoms with E-state index in [0.29, 0.717) is 24.5 Å². The van der Waals surface area contributed by atoms with Crippen LogP contribution in [0.25, 0.3) is 0 Å². The van der Waals surface area contributed by atoms with Crippen molar-refractivity contribution in [2.24, 2.45) is 0 Å². The molecule has 0 aromatic heterocycles. The minimum Gasteiger partial charge on any atom is -0.481 e. The van der Waals surface area contributed by atoms with Gasteiger partial charge in [0.15, 0.2) is 0 Å². The Hall–Kier alpha value is -0.890. The van der Waals surface area contributed by atoms with Crippen LogP contribution in [0.1, 0.15) is 38.5 Å². The number of aliphatic carboxylic acids is 2. The van der Waals surface area contributed by atoms with Crippen molar-refractivity contribution in [2.75, 3.05) is 18.1 Å². The second-order valence-electron chi connectivity index (χ2n) is 3.77.